The van der Waals surface area contributed by atoms with Crippen molar-refractivity contribution in [3.63, 3.8) is 0 Å². The van der Waals surface area contributed by atoms with Crippen LogP contribution in [0.5, 0.6) is 5.75 Å². The van der Waals surface area contributed by atoms with E-state index in [4.69, 9.17) is 4.74 Å². The van der Waals surface area contributed by atoms with E-state index in [9.17, 15) is 13.6 Å². The van der Waals surface area contributed by atoms with Crippen molar-refractivity contribution in [1.82, 2.24) is 0 Å². The lowest BCUT2D eigenvalue weighted by atomic mass is 10.0. The molecule has 0 saturated heterocycles. The van der Waals surface area contributed by atoms with Crippen molar-refractivity contribution in [3.8, 4) is 5.75 Å². The van der Waals surface area contributed by atoms with Crippen molar-refractivity contribution in [2.45, 2.75) is 20.3 Å². The average Bonchev–Trinajstić information content (AvgIpc) is 2.48. The summed E-state index contributed by atoms with van der Waals surface area (Å²) in [5.41, 5.74) is 0.167. The Hall–Kier alpha value is -2.23. The minimum Gasteiger partial charge on any atom is -0.494 e. The van der Waals surface area contributed by atoms with Crippen LogP contribution in [0.15, 0.2) is 36.4 Å². The number of ether oxygens (including phenoxy) is 1. The zero-order valence-corrected chi connectivity index (χ0v) is 12.0. The number of hydrogen-bond acceptors (Lipinski definition) is 2. The minimum absolute atomic E-state index is 0.170. The zero-order valence-electron chi connectivity index (χ0n) is 12.0. The number of carbonyl (C=O) groups excluding carboxylic acids is 1. The molecule has 0 spiro atoms. The molecule has 110 valence electrons. The monoisotopic (exact) mass is 290 g/mol. The van der Waals surface area contributed by atoms with Crippen LogP contribution in [0.4, 0.5) is 8.78 Å². The SMILES string of the molecule is CCCOc1cccc(C(=O)c2cc(F)c(C)cc2F)c1. The average molecular weight is 290 g/mol. The Kier molecular flexibility index (Phi) is 4.68. The van der Waals surface area contributed by atoms with Crippen LogP contribution in [0.3, 0.4) is 0 Å². The number of aryl methyl sites for hydroxylation is 1. The quantitative estimate of drug-likeness (QED) is 0.768. The zero-order chi connectivity index (χ0) is 15.4. The van der Waals surface area contributed by atoms with E-state index in [1.54, 1.807) is 18.2 Å². The van der Waals surface area contributed by atoms with Crippen LogP contribution in [-0.2, 0) is 0 Å². The van der Waals surface area contributed by atoms with Gasteiger partial charge in [0.05, 0.1) is 12.2 Å². The molecule has 0 aliphatic heterocycles. The Bertz CT molecular complexity index is 666. The van der Waals surface area contributed by atoms with Crippen molar-refractivity contribution >= 4 is 5.78 Å². The van der Waals surface area contributed by atoms with Crippen LogP contribution in [0, 0.1) is 18.6 Å². The van der Waals surface area contributed by atoms with Gasteiger partial charge in [-0.3, -0.25) is 4.79 Å². The summed E-state index contributed by atoms with van der Waals surface area (Å²) in [6, 6.07) is 8.43. The van der Waals surface area contributed by atoms with Gasteiger partial charge >= 0.3 is 0 Å². The topological polar surface area (TPSA) is 26.3 Å². The highest BCUT2D eigenvalue weighted by Gasteiger charge is 2.17. The number of ketones is 1. The van der Waals surface area contributed by atoms with Crippen molar-refractivity contribution in [1.29, 1.82) is 0 Å². The molecule has 0 saturated carbocycles. The maximum atomic E-state index is 13.9. The number of hydrogen-bond donors (Lipinski definition) is 0. The van der Waals surface area contributed by atoms with Gasteiger partial charge in [0.25, 0.3) is 0 Å². The van der Waals surface area contributed by atoms with E-state index in [0.717, 1.165) is 18.6 Å². The van der Waals surface area contributed by atoms with Crippen LogP contribution in [-0.4, -0.2) is 12.4 Å². The fourth-order valence-corrected chi connectivity index (χ4v) is 1.92. The van der Waals surface area contributed by atoms with E-state index < -0.39 is 17.4 Å². The highest BCUT2D eigenvalue weighted by Crippen LogP contribution is 2.20. The van der Waals surface area contributed by atoms with Gasteiger partial charge in [-0.05, 0) is 43.2 Å². The molecule has 0 bridgehead atoms. The second-order valence-corrected chi connectivity index (χ2v) is 4.79. The molecular formula is C17H16F2O2. The van der Waals surface area contributed by atoms with E-state index >= 15 is 0 Å². The molecule has 0 aromatic heterocycles. The van der Waals surface area contributed by atoms with Crippen LogP contribution in [0.2, 0.25) is 0 Å². The summed E-state index contributed by atoms with van der Waals surface area (Å²) in [4.78, 5) is 12.3. The van der Waals surface area contributed by atoms with E-state index in [0.29, 0.717) is 12.4 Å². The number of benzene rings is 2. The van der Waals surface area contributed by atoms with Gasteiger partial charge in [-0.15, -0.1) is 0 Å². The molecule has 2 rings (SSSR count). The largest absolute Gasteiger partial charge is 0.494 e. The third kappa shape index (κ3) is 3.45. The first kappa shape index (κ1) is 15.2. The maximum Gasteiger partial charge on any atom is 0.196 e. The lowest BCUT2D eigenvalue weighted by molar-refractivity contribution is 0.103. The maximum absolute atomic E-state index is 13.9. The summed E-state index contributed by atoms with van der Waals surface area (Å²) >= 11 is 0. The van der Waals surface area contributed by atoms with Crippen molar-refractivity contribution < 1.29 is 18.3 Å². The highest BCUT2D eigenvalue weighted by molar-refractivity contribution is 6.09. The van der Waals surface area contributed by atoms with Gasteiger partial charge < -0.3 is 4.74 Å². The Morgan fingerprint density at radius 3 is 2.62 bits per heavy atom. The van der Waals surface area contributed by atoms with Crippen molar-refractivity contribution in [2.24, 2.45) is 0 Å². The number of halogens is 2. The Balaban J connectivity index is 2.34. The van der Waals surface area contributed by atoms with Crippen LogP contribution >= 0.6 is 0 Å². The van der Waals surface area contributed by atoms with E-state index in [-0.39, 0.29) is 16.7 Å². The van der Waals surface area contributed by atoms with E-state index in [1.165, 1.54) is 13.0 Å². The summed E-state index contributed by atoms with van der Waals surface area (Å²) in [6.45, 7) is 3.95. The summed E-state index contributed by atoms with van der Waals surface area (Å²) in [5, 5.41) is 0. The molecule has 21 heavy (non-hydrogen) atoms. The van der Waals surface area contributed by atoms with E-state index in [1.807, 2.05) is 6.92 Å². The number of rotatable bonds is 5. The van der Waals surface area contributed by atoms with Crippen LogP contribution in [0.1, 0.15) is 34.8 Å². The van der Waals surface area contributed by atoms with Gasteiger partial charge in [-0.2, -0.15) is 0 Å². The van der Waals surface area contributed by atoms with Crippen molar-refractivity contribution in [2.75, 3.05) is 6.61 Å². The van der Waals surface area contributed by atoms with E-state index in [2.05, 4.69) is 0 Å². The van der Waals surface area contributed by atoms with Crippen LogP contribution in [0.25, 0.3) is 0 Å². The van der Waals surface area contributed by atoms with Crippen LogP contribution < -0.4 is 4.74 Å². The fraction of sp³-hybridized carbons (Fsp3) is 0.235. The molecule has 0 heterocycles. The highest BCUT2D eigenvalue weighted by atomic mass is 19.1. The summed E-state index contributed by atoms with van der Waals surface area (Å²) < 4.78 is 32.8. The third-order valence-corrected chi connectivity index (χ3v) is 3.06. The molecule has 0 radical (unpaired) electrons. The second-order valence-electron chi connectivity index (χ2n) is 4.79. The molecule has 0 fully saturated rings. The molecular weight excluding hydrogens is 274 g/mol. The molecule has 2 nitrogen and oxygen atoms in total. The molecule has 0 aliphatic rings. The van der Waals surface area contributed by atoms with Gasteiger partial charge in [0.1, 0.15) is 17.4 Å². The predicted molar refractivity (Wildman–Crippen MR) is 76.8 cm³/mol. The molecule has 2 aromatic rings. The summed E-state index contributed by atoms with van der Waals surface area (Å²) in [5.74, 6) is -1.35. The number of carbonyl (C=O) groups is 1. The third-order valence-electron chi connectivity index (χ3n) is 3.06. The minimum atomic E-state index is -0.723. The molecule has 2 aromatic carbocycles. The Morgan fingerprint density at radius 1 is 1.14 bits per heavy atom. The Labute approximate surface area is 122 Å². The molecule has 0 amide bonds. The summed E-state index contributed by atoms with van der Waals surface area (Å²) in [6.07, 6.45) is 0.843. The molecule has 0 aliphatic carbocycles. The first-order valence-corrected chi connectivity index (χ1v) is 6.76. The molecule has 4 heteroatoms. The molecule has 0 atom stereocenters. The summed E-state index contributed by atoms with van der Waals surface area (Å²) in [7, 11) is 0. The second kappa shape index (κ2) is 6.48. The first-order valence-electron chi connectivity index (χ1n) is 6.76. The predicted octanol–water partition coefficient (Wildman–Crippen LogP) is 4.29. The Morgan fingerprint density at radius 2 is 1.90 bits per heavy atom. The van der Waals surface area contributed by atoms with Crippen molar-refractivity contribution in [3.05, 3.63) is 64.7 Å². The first-order chi connectivity index (χ1) is 10.0. The van der Waals surface area contributed by atoms with Gasteiger partial charge in [-0.1, -0.05) is 19.1 Å². The lowest BCUT2D eigenvalue weighted by Crippen LogP contribution is -2.06. The van der Waals surface area contributed by atoms with Gasteiger partial charge in [0.15, 0.2) is 5.78 Å². The fourth-order valence-electron chi connectivity index (χ4n) is 1.92. The molecule has 0 N–H and O–H groups in total. The normalized spacial score (nSPS) is 10.5. The van der Waals surface area contributed by atoms with Gasteiger partial charge in [-0.25, -0.2) is 8.78 Å². The van der Waals surface area contributed by atoms with Gasteiger partial charge in [0, 0.05) is 5.56 Å². The molecule has 0 unspecified atom stereocenters. The van der Waals surface area contributed by atoms with Gasteiger partial charge in [0.2, 0.25) is 0 Å². The lowest BCUT2D eigenvalue weighted by Gasteiger charge is -2.08. The standard InChI is InChI=1S/C17H16F2O2/c1-3-7-21-13-6-4-5-12(9-13)17(20)14-10-15(18)11(2)8-16(14)19/h4-6,8-10H,3,7H2,1-2H3. The smallest absolute Gasteiger partial charge is 0.196 e.